The third kappa shape index (κ3) is 4.78. The van der Waals surface area contributed by atoms with Crippen LogP contribution >= 0.6 is 0 Å². The summed E-state index contributed by atoms with van der Waals surface area (Å²) in [7, 11) is -3.80. The fourth-order valence-corrected chi connectivity index (χ4v) is 4.90. The van der Waals surface area contributed by atoms with E-state index >= 15 is 0 Å². The number of carbonyl (C=O) groups excluding carboxylic acids is 1. The average molecular weight is 450 g/mol. The number of anilines is 2. The second-order valence-electron chi connectivity index (χ2n) is 8.06. The number of nitrogens with zero attached hydrogens (tertiary/aromatic N) is 2. The lowest BCUT2D eigenvalue weighted by molar-refractivity contribution is 0.0746. The highest BCUT2D eigenvalue weighted by atomic mass is 32.2. The Kier molecular flexibility index (Phi) is 6.19. The van der Waals surface area contributed by atoms with Gasteiger partial charge in [-0.15, -0.1) is 0 Å². The van der Waals surface area contributed by atoms with Crippen molar-refractivity contribution in [3.05, 3.63) is 89.5 Å². The van der Waals surface area contributed by atoms with Crippen molar-refractivity contribution in [3.63, 3.8) is 0 Å². The third-order valence-corrected chi connectivity index (χ3v) is 7.12. The number of benzene rings is 3. The molecule has 0 unspecified atom stereocenters. The molecule has 1 N–H and O–H groups in total. The smallest absolute Gasteiger partial charge is 0.261 e. The maximum absolute atomic E-state index is 13.2. The fraction of sp³-hybridized carbons (Fsp3) is 0.240. The quantitative estimate of drug-likeness (QED) is 0.638. The number of piperazine rings is 1. The monoisotopic (exact) mass is 449 g/mol. The van der Waals surface area contributed by atoms with E-state index in [1.807, 2.05) is 44.2 Å². The molecule has 0 atom stereocenters. The van der Waals surface area contributed by atoms with E-state index < -0.39 is 10.0 Å². The van der Waals surface area contributed by atoms with E-state index in [9.17, 15) is 13.2 Å². The molecule has 166 valence electrons. The molecule has 0 aromatic heterocycles. The van der Waals surface area contributed by atoms with Gasteiger partial charge < -0.3 is 9.80 Å². The number of sulfonamides is 1. The van der Waals surface area contributed by atoms with Crippen LogP contribution in [0.15, 0.2) is 77.7 Å². The van der Waals surface area contributed by atoms with Crippen molar-refractivity contribution >= 4 is 27.3 Å². The maximum Gasteiger partial charge on any atom is 0.261 e. The van der Waals surface area contributed by atoms with Gasteiger partial charge >= 0.3 is 0 Å². The Balaban J connectivity index is 1.50. The maximum atomic E-state index is 13.2. The van der Waals surface area contributed by atoms with Gasteiger partial charge in [-0.25, -0.2) is 8.42 Å². The molecular formula is C25H27N3O3S. The molecule has 6 nitrogen and oxygen atoms in total. The van der Waals surface area contributed by atoms with Gasteiger partial charge in [-0.3, -0.25) is 9.52 Å². The van der Waals surface area contributed by atoms with Crippen LogP contribution in [0.4, 0.5) is 11.4 Å². The zero-order chi connectivity index (χ0) is 22.7. The summed E-state index contributed by atoms with van der Waals surface area (Å²) in [4.78, 5) is 17.4. The van der Waals surface area contributed by atoms with Crippen LogP contribution in [0.3, 0.4) is 0 Å². The molecule has 3 aromatic carbocycles. The van der Waals surface area contributed by atoms with E-state index in [0.717, 1.165) is 29.9 Å². The molecule has 1 heterocycles. The van der Waals surface area contributed by atoms with Gasteiger partial charge in [-0.05, 0) is 55.8 Å². The lowest BCUT2D eigenvalue weighted by Gasteiger charge is -2.36. The Labute approximate surface area is 189 Å². The number of nitrogens with one attached hydrogen (secondary N) is 1. The van der Waals surface area contributed by atoms with Gasteiger partial charge in [0.05, 0.1) is 4.90 Å². The van der Waals surface area contributed by atoms with Crippen molar-refractivity contribution in [2.75, 3.05) is 35.8 Å². The van der Waals surface area contributed by atoms with Crippen molar-refractivity contribution in [1.82, 2.24) is 4.90 Å². The summed E-state index contributed by atoms with van der Waals surface area (Å²) in [5, 5.41) is 0. The topological polar surface area (TPSA) is 69.7 Å². The number of hydrogen-bond acceptors (Lipinski definition) is 4. The van der Waals surface area contributed by atoms with Crippen LogP contribution in [-0.2, 0) is 10.0 Å². The number of rotatable bonds is 5. The Hall–Kier alpha value is -3.32. The predicted octanol–water partition coefficient (Wildman–Crippen LogP) is 4.07. The third-order valence-electron chi connectivity index (χ3n) is 5.74. The summed E-state index contributed by atoms with van der Waals surface area (Å²) < 4.78 is 28.4. The first kappa shape index (κ1) is 21.9. The normalized spacial score (nSPS) is 14.3. The van der Waals surface area contributed by atoms with E-state index in [2.05, 4.69) is 21.8 Å². The van der Waals surface area contributed by atoms with E-state index in [0.29, 0.717) is 24.3 Å². The number of hydrogen-bond donors (Lipinski definition) is 1. The van der Waals surface area contributed by atoms with Crippen molar-refractivity contribution < 1.29 is 13.2 Å². The molecule has 0 bridgehead atoms. The highest BCUT2D eigenvalue weighted by Crippen LogP contribution is 2.22. The molecule has 4 rings (SSSR count). The molecule has 1 aliphatic heterocycles. The second-order valence-corrected chi connectivity index (χ2v) is 9.75. The molecule has 0 radical (unpaired) electrons. The highest BCUT2D eigenvalue weighted by Gasteiger charge is 2.25. The highest BCUT2D eigenvalue weighted by molar-refractivity contribution is 7.92. The van der Waals surface area contributed by atoms with Crippen molar-refractivity contribution in [2.45, 2.75) is 18.7 Å². The Morgan fingerprint density at radius 3 is 2.16 bits per heavy atom. The van der Waals surface area contributed by atoms with Crippen LogP contribution in [0.2, 0.25) is 0 Å². The molecule has 3 aromatic rings. The molecule has 0 aliphatic carbocycles. The lowest BCUT2D eigenvalue weighted by Crippen LogP contribution is -2.49. The van der Waals surface area contributed by atoms with Crippen LogP contribution < -0.4 is 9.62 Å². The SMILES string of the molecule is Cc1ccc(NS(=O)(=O)c2ccc(C)c(C(=O)N3CCN(c4ccccc4)CC3)c2)cc1. The molecule has 0 spiro atoms. The van der Waals surface area contributed by atoms with Gasteiger partial charge in [0.25, 0.3) is 15.9 Å². The molecule has 1 fully saturated rings. The molecule has 1 saturated heterocycles. The van der Waals surface area contributed by atoms with E-state index in [-0.39, 0.29) is 10.8 Å². The molecule has 0 saturated carbocycles. The van der Waals surface area contributed by atoms with Gasteiger partial charge in [0.15, 0.2) is 0 Å². The van der Waals surface area contributed by atoms with Crippen molar-refractivity contribution in [1.29, 1.82) is 0 Å². The predicted molar refractivity (Wildman–Crippen MR) is 128 cm³/mol. The number of carbonyl (C=O) groups is 1. The lowest BCUT2D eigenvalue weighted by atomic mass is 10.1. The number of para-hydroxylation sites is 1. The standard InChI is InChI=1S/C25H27N3O3S/c1-19-8-11-21(12-9-19)26-32(30,31)23-13-10-20(2)24(18-23)25(29)28-16-14-27(15-17-28)22-6-4-3-5-7-22/h3-13,18,26H,14-17H2,1-2H3. The first-order chi connectivity index (χ1) is 15.3. The molecule has 1 amide bonds. The first-order valence-electron chi connectivity index (χ1n) is 10.6. The first-order valence-corrected chi connectivity index (χ1v) is 12.1. The van der Waals surface area contributed by atoms with Crippen LogP contribution in [0.1, 0.15) is 21.5 Å². The molecule has 7 heteroatoms. The van der Waals surface area contributed by atoms with Crippen LogP contribution in [-0.4, -0.2) is 45.4 Å². The summed E-state index contributed by atoms with van der Waals surface area (Å²) in [6, 6.07) is 22.0. The zero-order valence-electron chi connectivity index (χ0n) is 18.3. The average Bonchev–Trinajstić information content (AvgIpc) is 2.81. The minimum absolute atomic E-state index is 0.0787. The number of aryl methyl sites for hydroxylation is 2. The Bertz CT molecular complexity index is 1200. The Morgan fingerprint density at radius 1 is 0.844 bits per heavy atom. The van der Waals surface area contributed by atoms with E-state index in [1.54, 1.807) is 23.1 Å². The summed E-state index contributed by atoms with van der Waals surface area (Å²) in [6.45, 7) is 6.42. The van der Waals surface area contributed by atoms with E-state index in [4.69, 9.17) is 0 Å². The Morgan fingerprint density at radius 2 is 1.50 bits per heavy atom. The van der Waals surface area contributed by atoms with Gasteiger partial charge in [0, 0.05) is 43.1 Å². The molecular weight excluding hydrogens is 422 g/mol. The fourth-order valence-electron chi connectivity index (χ4n) is 3.81. The number of amides is 1. The van der Waals surface area contributed by atoms with Crippen molar-refractivity contribution in [2.24, 2.45) is 0 Å². The van der Waals surface area contributed by atoms with Gasteiger partial charge in [0.2, 0.25) is 0 Å². The minimum atomic E-state index is -3.80. The van der Waals surface area contributed by atoms with Gasteiger partial charge in [-0.2, -0.15) is 0 Å². The van der Waals surface area contributed by atoms with Gasteiger partial charge in [-0.1, -0.05) is 42.0 Å². The summed E-state index contributed by atoms with van der Waals surface area (Å²) in [5.41, 5.74) is 3.86. The minimum Gasteiger partial charge on any atom is -0.368 e. The zero-order valence-corrected chi connectivity index (χ0v) is 19.1. The van der Waals surface area contributed by atoms with E-state index in [1.165, 1.54) is 12.1 Å². The van der Waals surface area contributed by atoms with Gasteiger partial charge in [0.1, 0.15) is 0 Å². The van der Waals surface area contributed by atoms with Crippen LogP contribution in [0.25, 0.3) is 0 Å². The molecule has 32 heavy (non-hydrogen) atoms. The summed E-state index contributed by atoms with van der Waals surface area (Å²) in [6.07, 6.45) is 0. The van der Waals surface area contributed by atoms with Crippen LogP contribution in [0, 0.1) is 13.8 Å². The molecule has 1 aliphatic rings. The second kappa shape index (κ2) is 9.04. The summed E-state index contributed by atoms with van der Waals surface area (Å²) >= 11 is 0. The summed E-state index contributed by atoms with van der Waals surface area (Å²) in [5.74, 6) is -0.136. The largest absolute Gasteiger partial charge is 0.368 e. The van der Waals surface area contributed by atoms with Crippen LogP contribution in [0.5, 0.6) is 0 Å². The van der Waals surface area contributed by atoms with Crippen molar-refractivity contribution in [3.8, 4) is 0 Å².